The molecule has 1 aliphatic rings. The summed E-state index contributed by atoms with van der Waals surface area (Å²) < 4.78 is 29.5. The van der Waals surface area contributed by atoms with Crippen LogP contribution in [0.3, 0.4) is 0 Å². The molecule has 29 heavy (non-hydrogen) atoms. The first kappa shape index (κ1) is 19.2. The average Bonchev–Trinajstić information content (AvgIpc) is 3.15. The van der Waals surface area contributed by atoms with Crippen molar-refractivity contribution in [3.8, 4) is 5.69 Å². The van der Waals surface area contributed by atoms with Gasteiger partial charge in [0.25, 0.3) is 0 Å². The molecular formula is C21H21F2N5O. The predicted molar refractivity (Wildman–Crippen MR) is 104 cm³/mol. The molecule has 8 heteroatoms. The molecule has 0 bridgehead atoms. The zero-order valence-electron chi connectivity index (χ0n) is 16.0. The van der Waals surface area contributed by atoms with Crippen LogP contribution in [0.25, 0.3) is 5.69 Å². The molecule has 0 radical (unpaired) electrons. The summed E-state index contributed by atoms with van der Waals surface area (Å²) in [7, 11) is 0. The fourth-order valence-electron chi connectivity index (χ4n) is 4.05. The number of carbonyl (C=O) groups excluding carboxylic acids is 1. The summed E-state index contributed by atoms with van der Waals surface area (Å²) in [6, 6.07) is 10.5. The average molecular weight is 397 g/mol. The maximum atomic E-state index is 14.3. The van der Waals surface area contributed by atoms with Crippen molar-refractivity contribution < 1.29 is 13.6 Å². The summed E-state index contributed by atoms with van der Waals surface area (Å²) in [6.07, 6.45) is 4.11. The third-order valence-electron chi connectivity index (χ3n) is 5.58. The number of aromatic nitrogens is 4. The van der Waals surface area contributed by atoms with Gasteiger partial charge in [-0.15, -0.1) is 5.10 Å². The molecule has 1 aromatic heterocycles. The van der Waals surface area contributed by atoms with Crippen LogP contribution in [0.5, 0.6) is 0 Å². The van der Waals surface area contributed by atoms with E-state index in [0.29, 0.717) is 29.9 Å². The molecule has 0 atom stereocenters. The van der Waals surface area contributed by atoms with E-state index in [1.807, 2.05) is 0 Å². The third-order valence-corrected chi connectivity index (χ3v) is 5.58. The molecule has 0 spiro atoms. The zero-order chi connectivity index (χ0) is 20.4. The van der Waals surface area contributed by atoms with Gasteiger partial charge in [0.05, 0.1) is 5.41 Å². The van der Waals surface area contributed by atoms with E-state index in [4.69, 9.17) is 0 Å². The Morgan fingerprint density at radius 3 is 2.59 bits per heavy atom. The molecular weight excluding hydrogens is 376 g/mol. The first-order valence-corrected chi connectivity index (χ1v) is 9.62. The molecule has 0 saturated heterocycles. The second-order valence-electron chi connectivity index (χ2n) is 7.41. The smallest absolute Gasteiger partial charge is 0.235 e. The summed E-state index contributed by atoms with van der Waals surface area (Å²) in [6.45, 7) is 1.66. The highest BCUT2D eigenvalue weighted by Crippen LogP contribution is 2.40. The van der Waals surface area contributed by atoms with Crippen molar-refractivity contribution in [1.29, 1.82) is 0 Å². The number of nitrogens with one attached hydrogen (secondary N) is 1. The molecule has 4 rings (SSSR count). The van der Waals surface area contributed by atoms with Gasteiger partial charge in [-0.3, -0.25) is 4.79 Å². The molecule has 6 nitrogen and oxygen atoms in total. The highest BCUT2D eigenvalue weighted by Gasteiger charge is 2.41. The topological polar surface area (TPSA) is 72.7 Å². The number of aryl methyl sites for hydroxylation is 1. The Balaban J connectivity index is 1.68. The van der Waals surface area contributed by atoms with E-state index in [9.17, 15) is 13.6 Å². The number of benzene rings is 2. The molecule has 1 N–H and O–H groups in total. The minimum atomic E-state index is -0.806. The summed E-state index contributed by atoms with van der Waals surface area (Å²) >= 11 is 0. The Labute approximate surface area is 166 Å². The minimum Gasteiger partial charge on any atom is -0.325 e. The minimum absolute atomic E-state index is 0.147. The van der Waals surface area contributed by atoms with E-state index < -0.39 is 11.2 Å². The van der Waals surface area contributed by atoms with Gasteiger partial charge in [-0.25, -0.2) is 8.78 Å². The Hall–Kier alpha value is -3.16. The lowest BCUT2D eigenvalue weighted by molar-refractivity contribution is -0.122. The van der Waals surface area contributed by atoms with Gasteiger partial charge in [0.15, 0.2) is 5.82 Å². The molecule has 1 amide bonds. The summed E-state index contributed by atoms with van der Waals surface area (Å²) in [4.78, 5) is 13.4. The van der Waals surface area contributed by atoms with E-state index in [-0.39, 0.29) is 17.4 Å². The maximum Gasteiger partial charge on any atom is 0.235 e. The number of hydrogen-bond acceptors (Lipinski definition) is 4. The van der Waals surface area contributed by atoms with Crippen molar-refractivity contribution in [2.75, 3.05) is 5.32 Å². The van der Waals surface area contributed by atoms with Crippen molar-refractivity contribution in [2.24, 2.45) is 0 Å². The van der Waals surface area contributed by atoms with Crippen molar-refractivity contribution >= 4 is 11.6 Å². The highest BCUT2D eigenvalue weighted by molar-refractivity contribution is 5.99. The number of carbonyl (C=O) groups is 1. The first-order chi connectivity index (χ1) is 14.0. The molecule has 1 fully saturated rings. The quantitative estimate of drug-likeness (QED) is 0.720. The molecule has 1 aliphatic carbocycles. The Morgan fingerprint density at radius 1 is 1.10 bits per heavy atom. The van der Waals surface area contributed by atoms with Crippen molar-refractivity contribution in [2.45, 2.75) is 44.4 Å². The van der Waals surface area contributed by atoms with E-state index >= 15 is 0 Å². The number of rotatable bonds is 4. The fraction of sp³-hybridized carbons (Fsp3) is 0.333. The lowest BCUT2D eigenvalue weighted by atomic mass is 9.68. The van der Waals surface area contributed by atoms with Crippen LogP contribution in [0.4, 0.5) is 14.5 Å². The fourth-order valence-corrected chi connectivity index (χ4v) is 4.05. The molecule has 0 unspecified atom stereocenters. The summed E-state index contributed by atoms with van der Waals surface area (Å²) in [5.41, 5.74) is 0.448. The number of halogens is 2. The van der Waals surface area contributed by atoms with Crippen molar-refractivity contribution in [3.05, 3.63) is 65.5 Å². The molecule has 1 heterocycles. The third kappa shape index (κ3) is 3.62. The lowest BCUT2D eigenvalue weighted by Crippen LogP contribution is -2.42. The van der Waals surface area contributed by atoms with Crippen LogP contribution in [0.2, 0.25) is 0 Å². The Morgan fingerprint density at radius 2 is 1.90 bits per heavy atom. The van der Waals surface area contributed by atoms with Gasteiger partial charge in [-0.2, -0.15) is 4.68 Å². The van der Waals surface area contributed by atoms with Crippen molar-refractivity contribution in [1.82, 2.24) is 20.2 Å². The van der Waals surface area contributed by atoms with E-state index in [0.717, 1.165) is 19.3 Å². The highest BCUT2D eigenvalue weighted by atomic mass is 19.1. The zero-order valence-corrected chi connectivity index (χ0v) is 16.0. The van der Waals surface area contributed by atoms with E-state index in [1.165, 1.54) is 35.0 Å². The number of tetrazole rings is 1. The van der Waals surface area contributed by atoms with Crippen LogP contribution >= 0.6 is 0 Å². The number of hydrogen-bond donors (Lipinski definition) is 1. The number of amides is 1. The van der Waals surface area contributed by atoms with Gasteiger partial charge >= 0.3 is 0 Å². The molecule has 150 valence electrons. The SMILES string of the molecule is Cc1nnnn1-c1cc(NC(=O)C2(c3cccc(F)c3)CCCCC2)ccc1F. The standard InChI is InChI=1S/C21H21F2N5O/c1-14-25-26-27-28(14)19-13-17(8-9-18(19)23)24-20(29)21(10-3-2-4-11-21)15-6-5-7-16(22)12-15/h5-9,12-13H,2-4,10-11H2,1H3,(H,24,29). The van der Waals surface area contributed by atoms with E-state index in [1.54, 1.807) is 19.1 Å². The van der Waals surface area contributed by atoms with Crippen molar-refractivity contribution in [3.63, 3.8) is 0 Å². The van der Waals surface area contributed by atoms with E-state index in [2.05, 4.69) is 20.8 Å². The van der Waals surface area contributed by atoms with Gasteiger partial charge in [0.2, 0.25) is 5.91 Å². The molecule has 3 aromatic rings. The monoisotopic (exact) mass is 397 g/mol. The van der Waals surface area contributed by atoms with Gasteiger partial charge in [0.1, 0.15) is 17.3 Å². The van der Waals surface area contributed by atoms with Crippen LogP contribution in [0.15, 0.2) is 42.5 Å². The van der Waals surface area contributed by atoms with Crippen LogP contribution in [0.1, 0.15) is 43.5 Å². The normalized spacial score (nSPS) is 15.8. The molecule has 1 saturated carbocycles. The van der Waals surface area contributed by atoms with Crippen LogP contribution < -0.4 is 5.32 Å². The van der Waals surface area contributed by atoms with Crippen LogP contribution in [0, 0.1) is 18.6 Å². The van der Waals surface area contributed by atoms with Crippen LogP contribution in [-0.4, -0.2) is 26.1 Å². The second-order valence-corrected chi connectivity index (χ2v) is 7.41. The van der Waals surface area contributed by atoms with Gasteiger partial charge < -0.3 is 5.32 Å². The maximum absolute atomic E-state index is 14.3. The number of nitrogens with zero attached hydrogens (tertiary/aromatic N) is 4. The predicted octanol–water partition coefficient (Wildman–Crippen LogP) is 4.09. The summed E-state index contributed by atoms with van der Waals surface area (Å²) in [5, 5.41) is 14.0. The summed E-state index contributed by atoms with van der Waals surface area (Å²) in [5.74, 6) is -0.654. The Bertz CT molecular complexity index is 1040. The molecule has 2 aromatic carbocycles. The largest absolute Gasteiger partial charge is 0.325 e. The van der Waals surface area contributed by atoms with Gasteiger partial charge in [-0.05, 0) is 66.1 Å². The molecule has 0 aliphatic heterocycles. The second kappa shape index (κ2) is 7.69. The van der Waals surface area contributed by atoms with Crippen LogP contribution in [-0.2, 0) is 10.2 Å². The van der Waals surface area contributed by atoms with Gasteiger partial charge in [-0.1, -0.05) is 31.4 Å². The lowest BCUT2D eigenvalue weighted by Gasteiger charge is -2.36. The van der Waals surface area contributed by atoms with Gasteiger partial charge in [0, 0.05) is 5.69 Å². The Kier molecular flexibility index (Phi) is 5.08. The number of anilines is 1. The first-order valence-electron chi connectivity index (χ1n) is 9.62.